The molecule has 92 valence electrons. The van der Waals surface area contributed by atoms with Gasteiger partial charge in [0.25, 0.3) is 0 Å². The molecule has 0 amide bonds. The summed E-state index contributed by atoms with van der Waals surface area (Å²) in [5, 5.41) is 4.62. The predicted octanol–water partition coefficient (Wildman–Crippen LogP) is 3.95. The number of rotatable bonds is 6. The number of fused-ring (bicyclic) bond motifs is 1. The number of para-hydroxylation sites is 1. The molecule has 4 heteroatoms. The number of aromatic nitrogens is 1. The first kappa shape index (κ1) is 13.0. The van der Waals surface area contributed by atoms with Crippen molar-refractivity contribution in [1.29, 1.82) is 0 Å². The molecule has 0 aliphatic heterocycles. The molecule has 0 aliphatic carbocycles. The Kier molecular flexibility index (Phi) is 4.95. The van der Waals surface area contributed by atoms with Crippen molar-refractivity contribution in [1.82, 2.24) is 10.3 Å². The van der Waals surface area contributed by atoms with E-state index >= 15 is 0 Å². The zero-order valence-corrected chi connectivity index (χ0v) is 12.4. The van der Waals surface area contributed by atoms with Crippen LogP contribution < -0.4 is 5.32 Å². The highest BCUT2D eigenvalue weighted by Crippen LogP contribution is 2.21. The van der Waals surface area contributed by atoms with Crippen molar-refractivity contribution in [2.75, 3.05) is 6.54 Å². The van der Waals surface area contributed by atoms with E-state index in [4.69, 9.17) is 0 Å². The highest BCUT2D eigenvalue weighted by Gasteiger charge is 2.03. The van der Waals surface area contributed by atoms with E-state index in [1.807, 2.05) is 6.07 Å². The smallest absolute Gasteiger partial charge is 0.108 e. The van der Waals surface area contributed by atoms with Crippen molar-refractivity contribution in [2.24, 2.45) is 0 Å². The minimum absolute atomic E-state index is 0.630. The van der Waals surface area contributed by atoms with Crippen LogP contribution in [0.15, 0.2) is 24.3 Å². The highest BCUT2D eigenvalue weighted by atomic mass is 79.9. The Balaban J connectivity index is 1.83. The Morgan fingerprint density at radius 3 is 3.00 bits per heavy atom. The van der Waals surface area contributed by atoms with Crippen molar-refractivity contribution in [3.63, 3.8) is 0 Å². The van der Waals surface area contributed by atoms with Gasteiger partial charge < -0.3 is 5.32 Å². The first-order valence-corrected chi connectivity index (χ1v) is 7.72. The zero-order valence-electron chi connectivity index (χ0n) is 9.95. The van der Waals surface area contributed by atoms with Gasteiger partial charge in [0, 0.05) is 11.4 Å². The Hall–Kier alpha value is -0.450. The van der Waals surface area contributed by atoms with Gasteiger partial charge in [-0.3, -0.25) is 0 Å². The summed E-state index contributed by atoms with van der Waals surface area (Å²) in [5.74, 6) is 0. The van der Waals surface area contributed by atoms with Crippen molar-refractivity contribution in [2.45, 2.75) is 31.1 Å². The number of alkyl halides is 1. The molecule has 1 unspecified atom stereocenters. The third-order valence-electron chi connectivity index (χ3n) is 2.69. The standard InChI is InChI=1S/C13H17BrN2S/c1-2-10(14)7-8-15-9-13-16-11-5-3-4-6-12(11)17-13/h3-6,10,15H,2,7-9H2,1H3. The lowest BCUT2D eigenvalue weighted by Gasteiger charge is -2.06. The Labute approximate surface area is 115 Å². The van der Waals surface area contributed by atoms with Gasteiger partial charge in [-0.25, -0.2) is 4.98 Å². The number of nitrogens with zero attached hydrogens (tertiary/aromatic N) is 1. The second kappa shape index (κ2) is 6.47. The topological polar surface area (TPSA) is 24.9 Å². The largest absolute Gasteiger partial charge is 0.310 e. The van der Waals surface area contributed by atoms with E-state index in [9.17, 15) is 0 Å². The summed E-state index contributed by atoms with van der Waals surface area (Å²) in [6.45, 7) is 4.12. The molecule has 2 nitrogen and oxygen atoms in total. The monoisotopic (exact) mass is 312 g/mol. The average Bonchev–Trinajstić information content (AvgIpc) is 2.76. The number of benzene rings is 1. The minimum atomic E-state index is 0.630. The van der Waals surface area contributed by atoms with Gasteiger partial charge in [-0.2, -0.15) is 0 Å². The fourth-order valence-electron chi connectivity index (χ4n) is 1.65. The summed E-state index contributed by atoms with van der Waals surface area (Å²) in [7, 11) is 0. The SMILES string of the molecule is CCC(Br)CCNCc1nc2ccccc2s1. The van der Waals surface area contributed by atoms with Gasteiger partial charge in [-0.15, -0.1) is 11.3 Å². The molecule has 1 heterocycles. The molecule has 0 saturated heterocycles. The van der Waals surface area contributed by atoms with Crippen molar-refractivity contribution >= 4 is 37.5 Å². The maximum Gasteiger partial charge on any atom is 0.108 e. The lowest BCUT2D eigenvalue weighted by molar-refractivity contribution is 0.629. The quantitative estimate of drug-likeness (QED) is 0.645. The Bertz CT molecular complexity index is 436. The van der Waals surface area contributed by atoms with E-state index in [1.54, 1.807) is 11.3 Å². The lowest BCUT2D eigenvalue weighted by Crippen LogP contribution is -2.17. The van der Waals surface area contributed by atoms with Crippen LogP contribution in [0.2, 0.25) is 0 Å². The molecule has 0 spiro atoms. The average molecular weight is 313 g/mol. The van der Waals surface area contributed by atoms with E-state index in [0.29, 0.717) is 4.83 Å². The molecule has 0 radical (unpaired) electrons. The summed E-state index contributed by atoms with van der Waals surface area (Å²) in [4.78, 5) is 5.22. The molecular formula is C13H17BrN2S. The van der Waals surface area contributed by atoms with Gasteiger partial charge in [0.2, 0.25) is 0 Å². The minimum Gasteiger partial charge on any atom is -0.310 e. The number of halogens is 1. The first-order chi connectivity index (χ1) is 8.29. The fourth-order valence-corrected chi connectivity index (χ4v) is 2.82. The molecule has 17 heavy (non-hydrogen) atoms. The zero-order chi connectivity index (χ0) is 12.1. The molecule has 2 rings (SSSR count). The molecule has 0 fully saturated rings. The normalized spacial score (nSPS) is 13.1. The number of nitrogens with one attached hydrogen (secondary N) is 1. The van der Waals surface area contributed by atoms with Gasteiger partial charge in [0.05, 0.1) is 10.2 Å². The van der Waals surface area contributed by atoms with Gasteiger partial charge in [0.15, 0.2) is 0 Å². The van der Waals surface area contributed by atoms with Gasteiger partial charge in [-0.05, 0) is 31.5 Å². The Morgan fingerprint density at radius 2 is 2.24 bits per heavy atom. The number of hydrogen-bond donors (Lipinski definition) is 1. The Morgan fingerprint density at radius 1 is 1.41 bits per heavy atom. The van der Waals surface area contributed by atoms with Crippen LogP contribution in [-0.2, 0) is 6.54 Å². The molecule has 0 aliphatic rings. The highest BCUT2D eigenvalue weighted by molar-refractivity contribution is 9.09. The van der Waals surface area contributed by atoms with Crippen molar-refractivity contribution < 1.29 is 0 Å². The number of hydrogen-bond acceptors (Lipinski definition) is 3. The van der Waals surface area contributed by atoms with E-state index in [2.05, 4.69) is 51.4 Å². The summed E-state index contributed by atoms with van der Waals surface area (Å²) >= 11 is 5.41. The summed E-state index contributed by atoms with van der Waals surface area (Å²) < 4.78 is 1.27. The predicted molar refractivity (Wildman–Crippen MR) is 78.9 cm³/mol. The molecule has 1 atom stereocenters. The maximum atomic E-state index is 4.59. The molecule has 1 aromatic carbocycles. The molecule has 1 aromatic heterocycles. The lowest BCUT2D eigenvalue weighted by atomic mass is 10.2. The summed E-state index contributed by atoms with van der Waals surface area (Å²) in [6.07, 6.45) is 2.35. The summed E-state index contributed by atoms with van der Waals surface area (Å²) in [5.41, 5.74) is 1.11. The van der Waals surface area contributed by atoms with Crippen LogP contribution in [0.4, 0.5) is 0 Å². The molecule has 0 bridgehead atoms. The van der Waals surface area contributed by atoms with Crippen LogP contribution in [0, 0.1) is 0 Å². The van der Waals surface area contributed by atoms with Crippen LogP contribution in [0.25, 0.3) is 10.2 Å². The van der Waals surface area contributed by atoms with Gasteiger partial charge in [0.1, 0.15) is 5.01 Å². The van der Waals surface area contributed by atoms with E-state index < -0.39 is 0 Å². The number of thiazole rings is 1. The maximum absolute atomic E-state index is 4.59. The summed E-state index contributed by atoms with van der Waals surface area (Å²) in [6, 6.07) is 8.30. The molecule has 1 N–H and O–H groups in total. The van der Waals surface area contributed by atoms with Crippen LogP contribution in [-0.4, -0.2) is 16.4 Å². The second-order valence-electron chi connectivity index (χ2n) is 4.05. The van der Waals surface area contributed by atoms with Crippen LogP contribution >= 0.6 is 27.3 Å². The molecular weight excluding hydrogens is 296 g/mol. The third-order valence-corrected chi connectivity index (χ3v) is 4.83. The van der Waals surface area contributed by atoms with E-state index in [0.717, 1.165) is 18.6 Å². The van der Waals surface area contributed by atoms with Gasteiger partial charge >= 0.3 is 0 Å². The van der Waals surface area contributed by atoms with Gasteiger partial charge in [-0.1, -0.05) is 35.0 Å². The third kappa shape index (κ3) is 3.76. The van der Waals surface area contributed by atoms with Crippen LogP contribution in [0.5, 0.6) is 0 Å². The van der Waals surface area contributed by atoms with E-state index in [-0.39, 0.29) is 0 Å². The fraction of sp³-hybridized carbons (Fsp3) is 0.462. The van der Waals surface area contributed by atoms with E-state index in [1.165, 1.54) is 22.5 Å². The molecule has 0 saturated carbocycles. The van der Waals surface area contributed by atoms with Crippen molar-refractivity contribution in [3.05, 3.63) is 29.3 Å². The first-order valence-electron chi connectivity index (χ1n) is 5.99. The van der Waals surface area contributed by atoms with Crippen molar-refractivity contribution in [3.8, 4) is 0 Å². The molecule has 2 aromatic rings. The van der Waals surface area contributed by atoms with Crippen LogP contribution in [0.3, 0.4) is 0 Å². The van der Waals surface area contributed by atoms with Crippen LogP contribution in [0.1, 0.15) is 24.8 Å². The second-order valence-corrected chi connectivity index (χ2v) is 6.46.